The zero-order valence-corrected chi connectivity index (χ0v) is 13.8. The van der Waals surface area contributed by atoms with Gasteiger partial charge in [0, 0.05) is 24.6 Å². The molecule has 3 heterocycles. The lowest BCUT2D eigenvalue weighted by Crippen LogP contribution is -2.41. The normalized spacial score (nSPS) is 23.3. The quantitative estimate of drug-likeness (QED) is 0.852. The molecule has 124 valence electrons. The van der Waals surface area contributed by atoms with E-state index in [2.05, 4.69) is 10.2 Å². The second-order valence-corrected chi connectivity index (χ2v) is 8.16. The predicted octanol–water partition coefficient (Wildman–Crippen LogP) is 2.77. The first-order chi connectivity index (χ1) is 11.1. The van der Waals surface area contributed by atoms with Crippen LogP contribution in [0, 0.1) is 0 Å². The Bertz CT molecular complexity index is 806. The summed E-state index contributed by atoms with van der Waals surface area (Å²) in [4.78, 5) is 0. The van der Waals surface area contributed by atoms with Crippen molar-refractivity contribution >= 4 is 10.0 Å². The summed E-state index contributed by atoms with van der Waals surface area (Å²) in [5, 5.41) is 7.93. The van der Waals surface area contributed by atoms with Crippen LogP contribution < -0.4 is 0 Å². The summed E-state index contributed by atoms with van der Waals surface area (Å²) in [5.74, 6) is 1.29. The predicted molar refractivity (Wildman–Crippen MR) is 81.2 cm³/mol. The van der Waals surface area contributed by atoms with Crippen LogP contribution in [0.15, 0.2) is 26.3 Å². The molecule has 0 amide bonds. The third kappa shape index (κ3) is 2.70. The Morgan fingerprint density at radius 2 is 2.04 bits per heavy atom. The molecule has 4 rings (SSSR count). The van der Waals surface area contributed by atoms with Gasteiger partial charge in [0.2, 0.25) is 11.0 Å². The Morgan fingerprint density at radius 1 is 1.22 bits per heavy atom. The highest BCUT2D eigenvalue weighted by molar-refractivity contribution is 7.89. The summed E-state index contributed by atoms with van der Waals surface area (Å²) in [6, 6.07) is 1.47. The van der Waals surface area contributed by atoms with Gasteiger partial charge in [0.05, 0.1) is 5.56 Å². The first-order valence-electron chi connectivity index (χ1n) is 8.00. The standard InChI is InChI=1S/C15H19N3O4S/c1-10-4-2-3-7-18(10)23(19,20)13-8-12(9-21-13)15-17-16-14(22-15)11-5-6-11/h8-11H,2-7H2,1H3. The Hall–Kier alpha value is -1.67. The lowest BCUT2D eigenvalue weighted by Gasteiger charge is -2.31. The van der Waals surface area contributed by atoms with Crippen LogP contribution in [0.4, 0.5) is 0 Å². The van der Waals surface area contributed by atoms with Gasteiger partial charge in [-0.1, -0.05) is 6.42 Å². The average molecular weight is 337 g/mol. The van der Waals surface area contributed by atoms with E-state index in [4.69, 9.17) is 8.83 Å². The lowest BCUT2D eigenvalue weighted by atomic mass is 10.1. The fraction of sp³-hybridized carbons (Fsp3) is 0.600. The number of piperidine rings is 1. The number of hydrogen-bond acceptors (Lipinski definition) is 6. The molecule has 0 aromatic carbocycles. The van der Waals surface area contributed by atoms with Gasteiger partial charge in [0.15, 0.2) is 0 Å². The van der Waals surface area contributed by atoms with Gasteiger partial charge in [-0.25, -0.2) is 8.42 Å². The van der Waals surface area contributed by atoms with Crippen LogP contribution in [0.1, 0.15) is 50.8 Å². The topological polar surface area (TPSA) is 89.4 Å². The van der Waals surface area contributed by atoms with Crippen molar-refractivity contribution in [3.05, 3.63) is 18.2 Å². The molecule has 1 aliphatic carbocycles. The lowest BCUT2D eigenvalue weighted by molar-refractivity contribution is 0.262. The van der Waals surface area contributed by atoms with Crippen molar-refractivity contribution in [1.29, 1.82) is 0 Å². The van der Waals surface area contributed by atoms with Crippen molar-refractivity contribution in [3.8, 4) is 11.5 Å². The molecule has 8 heteroatoms. The molecule has 2 aromatic heterocycles. The van der Waals surface area contributed by atoms with Crippen LogP contribution in [0.2, 0.25) is 0 Å². The average Bonchev–Trinajstić information content (AvgIpc) is 3.07. The minimum atomic E-state index is -3.62. The van der Waals surface area contributed by atoms with Crippen LogP contribution in [-0.2, 0) is 10.0 Å². The largest absolute Gasteiger partial charge is 0.451 e. The first-order valence-corrected chi connectivity index (χ1v) is 9.44. The Balaban J connectivity index is 1.61. The summed E-state index contributed by atoms with van der Waals surface area (Å²) >= 11 is 0. The number of sulfonamides is 1. The van der Waals surface area contributed by atoms with Gasteiger partial charge in [-0.05, 0) is 32.6 Å². The maximum Gasteiger partial charge on any atom is 0.276 e. The van der Waals surface area contributed by atoms with E-state index in [1.54, 1.807) is 0 Å². The fourth-order valence-corrected chi connectivity index (χ4v) is 4.58. The van der Waals surface area contributed by atoms with Crippen molar-refractivity contribution in [2.75, 3.05) is 6.54 Å². The van der Waals surface area contributed by atoms with E-state index in [0.29, 0.717) is 29.8 Å². The summed E-state index contributed by atoms with van der Waals surface area (Å²) in [6.45, 7) is 2.46. The van der Waals surface area contributed by atoms with Crippen LogP contribution in [-0.4, -0.2) is 35.5 Å². The fourth-order valence-electron chi connectivity index (χ4n) is 2.95. The highest BCUT2D eigenvalue weighted by atomic mass is 32.2. The van der Waals surface area contributed by atoms with E-state index in [9.17, 15) is 8.42 Å². The van der Waals surface area contributed by atoms with E-state index in [0.717, 1.165) is 32.1 Å². The zero-order valence-electron chi connectivity index (χ0n) is 12.9. The maximum absolute atomic E-state index is 12.7. The monoisotopic (exact) mass is 337 g/mol. The minimum Gasteiger partial charge on any atom is -0.451 e. The molecule has 2 aliphatic rings. The van der Waals surface area contributed by atoms with Gasteiger partial charge in [0.1, 0.15) is 6.26 Å². The molecule has 1 unspecified atom stereocenters. The number of aromatic nitrogens is 2. The van der Waals surface area contributed by atoms with Crippen molar-refractivity contribution in [2.24, 2.45) is 0 Å². The molecular formula is C15H19N3O4S. The molecule has 2 fully saturated rings. The second kappa shape index (κ2) is 5.45. The van der Waals surface area contributed by atoms with E-state index in [-0.39, 0.29) is 11.1 Å². The van der Waals surface area contributed by atoms with Crippen LogP contribution in [0.25, 0.3) is 11.5 Å². The van der Waals surface area contributed by atoms with E-state index >= 15 is 0 Å². The highest BCUT2D eigenvalue weighted by Crippen LogP contribution is 2.40. The van der Waals surface area contributed by atoms with Crippen molar-refractivity contribution in [2.45, 2.75) is 56.1 Å². The van der Waals surface area contributed by atoms with Gasteiger partial charge >= 0.3 is 0 Å². The van der Waals surface area contributed by atoms with E-state index in [1.807, 2.05) is 6.92 Å². The molecule has 1 saturated heterocycles. The smallest absolute Gasteiger partial charge is 0.276 e. The molecule has 0 N–H and O–H groups in total. The van der Waals surface area contributed by atoms with Crippen LogP contribution in [0.3, 0.4) is 0 Å². The van der Waals surface area contributed by atoms with Gasteiger partial charge in [-0.2, -0.15) is 4.31 Å². The molecule has 0 radical (unpaired) electrons. The molecular weight excluding hydrogens is 318 g/mol. The molecule has 0 bridgehead atoms. The molecule has 7 nitrogen and oxygen atoms in total. The third-order valence-electron chi connectivity index (χ3n) is 4.49. The van der Waals surface area contributed by atoms with Gasteiger partial charge in [-0.15, -0.1) is 10.2 Å². The zero-order chi connectivity index (χ0) is 16.0. The van der Waals surface area contributed by atoms with Crippen molar-refractivity contribution in [3.63, 3.8) is 0 Å². The summed E-state index contributed by atoms with van der Waals surface area (Å²) in [6.07, 6.45) is 6.32. The Morgan fingerprint density at radius 3 is 2.78 bits per heavy atom. The van der Waals surface area contributed by atoms with Crippen LogP contribution >= 0.6 is 0 Å². The Kier molecular flexibility index (Phi) is 3.53. The van der Waals surface area contributed by atoms with E-state index < -0.39 is 10.0 Å². The number of furan rings is 1. The highest BCUT2D eigenvalue weighted by Gasteiger charge is 2.34. The molecule has 1 aliphatic heterocycles. The van der Waals surface area contributed by atoms with Crippen LogP contribution in [0.5, 0.6) is 0 Å². The molecule has 1 saturated carbocycles. The summed E-state index contributed by atoms with van der Waals surface area (Å²) in [7, 11) is -3.62. The first kappa shape index (κ1) is 14.9. The molecule has 1 atom stereocenters. The second-order valence-electron chi connectivity index (χ2n) is 6.33. The molecule has 23 heavy (non-hydrogen) atoms. The van der Waals surface area contributed by atoms with Gasteiger partial charge in [-0.3, -0.25) is 0 Å². The molecule has 2 aromatic rings. The Labute approximate surface area is 134 Å². The van der Waals surface area contributed by atoms with Gasteiger partial charge < -0.3 is 8.83 Å². The molecule has 0 spiro atoms. The number of rotatable bonds is 4. The minimum absolute atomic E-state index is 0.00725. The van der Waals surface area contributed by atoms with Crippen molar-refractivity contribution in [1.82, 2.24) is 14.5 Å². The number of hydrogen-bond donors (Lipinski definition) is 0. The summed E-state index contributed by atoms with van der Waals surface area (Å²) in [5.41, 5.74) is 0.507. The van der Waals surface area contributed by atoms with Gasteiger partial charge in [0.25, 0.3) is 15.9 Å². The summed E-state index contributed by atoms with van der Waals surface area (Å²) < 4.78 is 37.9. The van der Waals surface area contributed by atoms with E-state index in [1.165, 1.54) is 16.6 Å². The number of nitrogens with zero attached hydrogens (tertiary/aromatic N) is 3. The SMILES string of the molecule is CC1CCCCN1S(=O)(=O)c1cc(-c2nnc(C3CC3)o2)co1. The van der Waals surface area contributed by atoms with Crippen molar-refractivity contribution < 1.29 is 17.3 Å². The third-order valence-corrected chi connectivity index (χ3v) is 6.38. The maximum atomic E-state index is 12.7.